The van der Waals surface area contributed by atoms with Crippen molar-refractivity contribution in [3.05, 3.63) is 77.4 Å². The van der Waals surface area contributed by atoms with Crippen LogP contribution in [0.4, 0.5) is 5.69 Å². The molecule has 1 saturated carbocycles. The number of hydrogen-bond acceptors (Lipinski definition) is 3. The third kappa shape index (κ3) is 3.46. The summed E-state index contributed by atoms with van der Waals surface area (Å²) in [6, 6.07) is 20.6. The Labute approximate surface area is 183 Å². The number of aryl methyl sites for hydroxylation is 1. The van der Waals surface area contributed by atoms with Crippen LogP contribution in [0.15, 0.2) is 60.7 Å². The quantitative estimate of drug-likeness (QED) is 0.543. The largest absolute Gasteiger partial charge is 0.454 e. The van der Waals surface area contributed by atoms with Gasteiger partial charge in [-0.05, 0) is 71.7 Å². The normalized spacial score (nSPS) is 15.7. The molecule has 0 bridgehead atoms. The summed E-state index contributed by atoms with van der Waals surface area (Å²) in [5.41, 5.74) is 6.08. The third-order valence-corrected chi connectivity index (χ3v) is 6.49. The molecule has 5 rings (SSSR count). The van der Waals surface area contributed by atoms with E-state index < -0.39 is 5.41 Å². The van der Waals surface area contributed by atoms with Gasteiger partial charge in [-0.3, -0.25) is 4.79 Å². The summed E-state index contributed by atoms with van der Waals surface area (Å²) in [5.74, 6) is 1.94. The zero-order valence-corrected chi connectivity index (χ0v) is 18.2. The Balaban J connectivity index is 1.44. The molecule has 3 aromatic rings. The molecule has 0 spiro atoms. The Bertz CT molecular complexity index is 1160. The summed E-state index contributed by atoms with van der Waals surface area (Å²) < 4.78 is 10.9. The van der Waals surface area contributed by atoms with E-state index in [1.807, 2.05) is 25.1 Å². The fraction of sp³-hybridized carbons (Fsp3) is 0.296. The maximum Gasteiger partial charge on any atom is 0.235 e. The number of benzene rings is 3. The molecule has 1 aliphatic carbocycles. The lowest BCUT2D eigenvalue weighted by atomic mass is 9.91. The molecular formula is C27H27NO3. The number of carbonyl (C=O) groups excluding carboxylic acids is 1. The smallest absolute Gasteiger partial charge is 0.235 e. The van der Waals surface area contributed by atoms with Crippen LogP contribution in [-0.2, 0) is 10.2 Å². The van der Waals surface area contributed by atoms with Crippen molar-refractivity contribution in [3.63, 3.8) is 0 Å². The highest BCUT2D eigenvalue weighted by atomic mass is 16.7. The number of rotatable bonds is 5. The number of amides is 1. The Hall–Kier alpha value is -3.27. The number of fused-ring (bicyclic) bond motifs is 1. The van der Waals surface area contributed by atoms with E-state index in [-0.39, 0.29) is 12.7 Å². The number of ether oxygens (including phenoxy) is 2. The number of carbonyl (C=O) groups is 1. The van der Waals surface area contributed by atoms with Crippen LogP contribution in [0.25, 0.3) is 11.1 Å². The fourth-order valence-electron chi connectivity index (χ4n) is 4.40. The summed E-state index contributed by atoms with van der Waals surface area (Å²) in [4.78, 5) is 13.4. The lowest BCUT2D eigenvalue weighted by Crippen LogP contribution is -2.28. The molecule has 4 nitrogen and oxygen atoms in total. The van der Waals surface area contributed by atoms with E-state index in [2.05, 4.69) is 61.6 Å². The van der Waals surface area contributed by atoms with Crippen LogP contribution in [0.5, 0.6) is 11.5 Å². The van der Waals surface area contributed by atoms with Gasteiger partial charge in [0, 0.05) is 5.69 Å². The minimum absolute atomic E-state index is 0.0451. The van der Waals surface area contributed by atoms with Crippen LogP contribution in [0, 0.1) is 6.92 Å². The number of hydrogen-bond donors (Lipinski definition) is 1. The number of nitrogens with one attached hydrogen (secondary N) is 1. The van der Waals surface area contributed by atoms with Gasteiger partial charge in [0.15, 0.2) is 11.5 Å². The van der Waals surface area contributed by atoms with Crippen molar-refractivity contribution in [2.45, 2.75) is 44.9 Å². The minimum Gasteiger partial charge on any atom is -0.454 e. The topological polar surface area (TPSA) is 47.6 Å². The minimum atomic E-state index is -0.487. The summed E-state index contributed by atoms with van der Waals surface area (Å²) in [6.45, 7) is 6.69. The maximum atomic E-state index is 13.4. The first-order valence-corrected chi connectivity index (χ1v) is 10.9. The van der Waals surface area contributed by atoms with Gasteiger partial charge in [-0.2, -0.15) is 0 Å². The van der Waals surface area contributed by atoms with Gasteiger partial charge in [0.25, 0.3) is 0 Å². The molecule has 31 heavy (non-hydrogen) atoms. The zero-order valence-electron chi connectivity index (χ0n) is 18.2. The highest BCUT2D eigenvalue weighted by molar-refractivity contribution is 6.02. The van der Waals surface area contributed by atoms with Crippen LogP contribution in [-0.4, -0.2) is 12.7 Å². The maximum absolute atomic E-state index is 13.4. The van der Waals surface area contributed by atoms with Crippen molar-refractivity contribution in [1.29, 1.82) is 0 Å². The van der Waals surface area contributed by atoms with Crippen LogP contribution in [0.1, 0.15) is 49.3 Å². The molecule has 1 fully saturated rings. The Morgan fingerprint density at radius 3 is 2.52 bits per heavy atom. The molecule has 4 heteroatoms. The van der Waals surface area contributed by atoms with Gasteiger partial charge in [-0.15, -0.1) is 0 Å². The third-order valence-electron chi connectivity index (χ3n) is 6.49. The first kappa shape index (κ1) is 19.7. The zero-order chi connectivity index (χ0) is 21.6. The SMILES string of the molecule is Cc1ccc(-c2ccccc2C(C)C)cc1NC(=O)C1(c2ccc3c(c2)OCO3)CC1. The molecule has 158 valence electrons. The molecule has 3 aromatic carbocycles. The van der Waals surface area contributed by atoms with Crippen molar-refractivity contribution in [3.8, 4) is 22.6 Å². The first-order chi connectivity index (χ1) is 15.0. The van der Waals surface area contributed by atoms with Crippen LogP contribution in [0.3, 0.4) is 0 Å². The number of anilines is 1. The van der Waals surface area contributed by atoms with Crippen molar-refractivity contribution in [2.24, 2.45) is 0 Å². The van der Waals surface area contributed by atoms with Gasteiger partial charge >= 0.3 is 0 Å². The predicted octanol–water partition coefficient (Wildman–Crippen LogP) is 6.18. The molecule has 2 aliphatic rings. The van der Waals surface area contributed by atoms with Crippen molar-refractivity contribution in [2.75, 3.05) is 12.1 Å². The monoisotopic (exact) mass is 413 g/mol. The summed E-state index contributed by atoms with van der Waals surface area (Å²) >= 11 is 0. The van der Waals surface area contributed by atoms with Gasteiger partial charge in [-0.25, -0.2) is 0 Å². The van der Waals surface area contributed by atoms with Gasteiger partial charge in [0.1, 0.15) is 0 Å². The lowest BCUT2D eigenvalue weighted by Gasteiger charge is -2.19. The van der Waals surface area contributed by atoms with Crippen molar-refractivity contribution >= 4 is 11.6 Å². The molecule has 0 aromatic heterocycles. The van der Waals surface area contributed by atoms with E-state index in [1.54, 1.807) is 0 Å². The second-order valence-electron chi connectivity index (χ2n) is 8.88. The Morgan fingerprint density at radius 1 is 0.968 bits per heavy atom. The Kier molecular flexibility index (Phi) is 4.73. The average Bonchev–Trinajstić information content (AvgIpc) is 3.46. The molecule has 0 radical (unpaired) electrons. The van der Waals surface area contributed by atoms with Gasteiger partial charge < -0.3 is 14.8 Å². The van der Waals surface area contributed by atoms with Crippen molar-refractivity contribution in [1.82, 2.24) is 0 Å². The van der Waals surface area contributed by atoms with E-state index in [0.717, 1.165) is 46.7 Å². The molecule has 1 heterocycles. The van der Waals surface area contributed by atoms with Crippen LogP contribution in [0.2, 0.25) is 0 Å². The standard InChI is InChI=1S/C27H27NO3/c1-17(2)21-6-4-5-7-22(21)19-9-8-18(3)23(14-19)28-26(29)27(12-13-27)20-10-11-24-25(15-20)31-16-30-24/h4-11,14-15,17H,12-13,16H2,1-3H3,(H,28,29). The summed E-state index contributed by atoms with van der Waals surface area (Å²) in [7, 11) is 0. The van der Waals surface area contributed by atoms with Gasteiger partial charge in [-0.1, -0.05) is 56.3 Å². The highest BCUT2D eigenvalue weighted by Crippen LogP contribution is 2.51. The van der Waals surface area contributed by atoms with E-state index >= 15 is 0 Å². The molecule has 1 aliphatic heterocycles. The second-order valence-corrected chi connectivity index (χ2v) is 8.88. The van der Waals surface area contributed by atoms with E-state index in [0.29, 0.717) is 5.92 Å². The Morgan fingerprint density at radius 2 is 1.74 bits per heavy atom. The molecule has 0 atom stereocenters. The predicted molar refractivity (Wildman–Crippen MR) is 123 cm³/mol. The van der Waals surface area contributed by atoms with E-state index in [9.17, 15) is 4.79 Å². The van der Waals surface area contributed by atoms with Crippen LogP contribution >= 0.6 is 0 Å². The summed E-state index contributed by atoms with van der Waals surface area (Å²) in [5, 5.41) is 3.23. The van der Waals surface area contributed by atoms with Gasteiger partial charge in [0.2, 0.25) is 12.7 Å². The first-order valence-electron chi connectivity index (χ1n) is 10.9. The average molecular weight is 414 g/mol. The van der Waals surface area contributed by atoms with Crippen molar-refractivity contribution < 1.29 is 14.3 Å². The molecule has 0 unspecified atom stereocenters. The molecular weight excluding hydrogens is 386 g/mol. The molecule has 1 N–H and O–H groups in total. The van der Waals surface area contributed by atoms with E-state index in [4.69, 9.17) is 9.47 Å². The second kappa shape index (κ2) is 7.45. The highest BCUT2D eigenvalue weighted by Gasteiger charge is 2.51. The van der Waals surface area contributed by atoms with E-state index in [1.165, 1.54) is 11.1 Å². The molecule has 1 amide bonds. The summed E-state index contributed by atoms with van der Waals surface area (Å²) in [6.07, 6.45) is 1.68. The lowest BCUT2D eigenvalue weighted by molar-refractivity contribution is -0.118. The molecule has 0 saturated heterocycles. The fourth-order valence-corrected chi connectivity index (χ4v) is 4.40. The van der Waals surface area contributed by atoms with Crippen LogP contribution < -0.4 is 14.8 Å². The van der Waals surface area contributed by atoms with Gasteiger partial charge in [0.05, 0.1) is 5.41 Å².